The summed E-state index contributed by atoms with van der Waals surface area (Å²) in [6, 6.07) is 7.35. The van der Waals surface area contributed by atoms with Crippen LogP contribution in [0.1, 0.15) is 25.3 Å². The minimum absolute atomic E-state index is 0.000325. The zero-order chi connectivity index (χ0) is 24.1. The number of pyridine rings is 1. The van der Waals surface area contributed by atoms with E-state index in [0.717, 1.165) is 23.8 Å². The molecule has 0 unspecified atom stereocenters. The highest BCUT2D eigenvalue weighted by atomic mass is 32.2. The van der Waals surface area contributed by atoms with Crippen LogP contribution in [0.15, 0.2) is 53.9 Å². The normalized spacial score (nSPS) is 20.3. The molecule has 1 fully saturated rings. The lowest BCUT2D eigenvalue weighted by Crippen LogP contribution is -2.41. The third kappa shape index (κ3) is 3.61. The highest BCUT2D eigenvalue weighted by Crippen LogP contribution is 2.48. The largest absolute Gasteiger partial charge is 0.494 e. The second kappa shape index (κ2) is 8.10. The number of ether oxygens (including phenoxy) is 2. The van der Waals surface area contributed by atoms with Crippen LogP contribution in [0.25, 0.3) is 16.7 Å². The zero-order valence-corrected chi connectivity index (χ0v) is 20.2. The van der Waals surface area contributed by atoms with Crippen molar-refractivity contribution in [2.24, 2.45) is 13.0 Å². The van der Waals surface area contributed by atoms with Gasteiger partial charge in [-0.15, -0.1) is 0 Å². The summed E-state index contributed by atoms with van der Waals surface area (Å²) in [5.74, 6) is 1.49. The van der Waals surface area contributed by atoms with E-state index in [9.17, 15) is 8.42 Å². The maximum Gasteiger partial charge on any atom is 0.265 e. The molecule has 10 nitrogen and oxygen atoms in total. The summed E-state index contributed by atoms with van der Waals surface area (Å²) in [7, 11) is 0.975. The van der Waals surface area contributed by atoms with Gasteiger partial charge in [-0.1, -0.05) is 6.92 Å². The van der Waals surface area contributed by atoms with Crippen LogP contribution in [-0.4, -0.2) is 47.2 Å². The first-order chi connectivity index (χ1) is 16.3. The molecule has 0 amide bonds. The average molecular weight is 483 g/mol. The summed E-state index contributed by atoms with van der Waals surface area (Å²) < 4.78 is 43.5. The van der Waals surface area contributed by atoms with Crippen LogP contribution in [-0.2, 0) is 27.4 Å². The summed E-state index contributed by atoms with van der Waals surface area (Å²) in [5, 5.41) is 9.27. The predicted octanol–water partition coefficient (Wildman–Crippen LogP) is 3.24. The molecule has 0 atom stereocenters. The molecule has 3 heterocycles. The first-order valence-electron chi connectivity index (χ1n) is 10.8. The topological polar surface area (TPSA) is 113 Å². The highest BCUT2D eigenvalue weighted by molar-refractivity contribution is 7.92. The minimum Gasteiger partial charge on any atom is -0.494 e. The molecule has 0 saturated heterocycles. The van der Waals surface area contributed by atoms with Crippen molar-refractivity contribution in [1.29, 1.82) is 0 Å². The molecule has 1 aromatic carbocycles. The van der Waals surface area contributed by atoms with E-state index in [2.05, 4.69) is 26.8 Å². The van der Waals surface area contributed by atoms with Crippen molar-refractivity contribution in [3.8, 4) is 11.6 Å². The maximum atomic E-state index is 13.3. The van der Waals surface area contributed by atoms with Gasteiger partial charge in [-0.25, -0.2) is 18.1 Å². The number of aryl methyl sites for hydroxylation is 1. The van der Waals surface area contributed by atoms with E-state index in [0.29, 0.717) is 28.7 Å². The van der Waals surface area contributed by atoms with Gasteiger partial charge in [-0.3, -0.25) is 9.40 Å². The number of hydrogen-bond acceptors (Lipinski definition) is 7. The lowest BCUT2D eigenvalue weighted by atomic mass is 9.68. The lowest BCUT2D eigenvalue weighted by molar-refractivity contribution is -0.107. The van der Waals surface area contributed by atoms with Crippen molar-refractivity contribution in [2.75, 3.05) is 18.9 Å². The van der Waals surface area contributed by atoms with Crippen LogP contribution >= 0.6 is 0 Å². The first kappa shape index (κ1) is 22.4. The van der Waals surface area contributed by atoms with Gasteiger partial charge in [0.2, 0.25) is 0 Å². The third-order valence-corrected chi connectivity index (χ3v) is 7.75. The zero-order valence-electron chi connectivity index (χ0n) is 19.4. The van der Waals surface area contributed by atoms with Crippen molar-refractivity contribution >= 4 is 26.6 Å². The Morgan fingerprint density at radius 1 is 1.15 bits per heavy atom. The smallest absolute Gasteiger partial charge is 0.265 e. The molecule has 34 heavy (non-hydrogen) atoms. The summed E-state index contributed by atoms with van der Waals surface area (Å²) in [4.78, 5) is 4.38. The van der Waals surface area contributed by atoms with Gasteiger partial charge in [-0.05, 0) is 48.6 Å². The minimum atomic E-state index is -3.97. The fraction of sp³-hybridized carbons (Fsp3) is 0.348. The Hall–Kier alpha value is -3.44. The van der Waals surface area contributed by atoms with Crippen LogP contribution in [0.2, 0.25) is 0 Å². The number of fused-ring (bicyclic) bond motifs is 1. The second-order valence-corrected chi connectivity index (χ2v) is 10.4. The monoisotopic (exact) mass is 482 g/mol. The van der Waals surface area contributed by atoms with Gasteiger partial charge >= 0.3 is 0 Å². The van der Waals surface area contributed by atoms with Crippen molar-refractivity contribution < 1.29 is 17.9 Å². The average Bonchev–Trinajstić information content (AvgIpc) is 3.45. The molecule has 0 bridgehead atoms. The van der Waals surface area contributed by atoms with E-state index in [1.54, 1.807) is 37.3 Å². The third-order valence-electron chi connectivity index (χ3n) is 6.44. The quantitative estimate of drug-likeness (QED) is 0.430. The Morgan fingerprint density at radius 3 is 2.65 bits per heavy atom. The molecule has 0 aliphatic heterocycles. The number of rotatable bonds is 7. The van der Waals surface area contributed by atoms with Crippen molar-refractivity contribution in [3.63, 3.8) is 0 Å². The number of anilines is 1. The Morgan fingerprint density at radius 2 is 1.94 bits per heavy atom. The van der Waals surface area contributed by atoms with Crippen molar-refractivity contribution in [3.05, 3.63) is 54.6 Å². The molecule has 3 aromatic heterocycles. The molecule has 11 heteroatoms. The van der Waals surface area contributed by atoms with Crippen LogP contribution in [0.5, 0.6) is 5.75 Å². The number of hydrogen-bond donors (Lipinski definition) is 1. The molecular weight excluding hydrogens is 456 g/mol. The fourth-order valence-electron chi connectivity index (χ4n) is 4.69. The van der Waals surface area contributed by atoms with Gasteiger partial charge < -0.3 is 9.47 Å². The molecule has 1 aliphatic carbocycles. The number of methoxy groups -OCH3 is 2. The van der Waals surface area contributed by atoms with Gasteiger partial charge in [0, 0.05) is 25.7 Å². The van der Waals surface area contributed by atoms with E-state index in [1.807, 2.05) is 18.2 Å². The molecule has 4 aromatic rings. The number of nitrogens with zero attached hydrogens (tertiary/aromatic N) is 5. The van der Waals surface area contributed by atoms with E-state index < -0.39 is 10.0 Å². The number of aromatic nitrogens is 5. The van der Waals surface area contributed by atoms with Crippen LogP contribution < -0.4 is 9.46 Å². The second-order valence-electron chi connectivity index (χ2n) is 8.69. The van der Waals surface area contributed by atoms with Gasteiger partial charge in [0.05, 0.1) is 36.8 Å². The SMILES string of the molecule is COc1ccc2cnn(C)c2c1NS(=O)(=O)c1cnn(-c2cc(C3(OC)CC(C)C3)ccn2)c1. The first-order valence-corrected chi connectivity index (χ1v) is 12.3. The number of sulfonamides is 1. The maximum absolute atomic E-state index is 13.3. The molecule has 0 spiro atoms. The fourth-order valence-corrected chi connectivity index (χ4v) is 5.70. The summed E-state index contributed by atoms with van der Waals surface area (Å²) in [5.41, 5.74) is 1.60. The highest BCUT2D eigenvalue weighted by Gasteiger charge is 2.44. The Labute approximate surface area is 197 Å². The molecule has 0 radical (unpaired) electrons. The van der Waals surface area contributed by atoms with Crippen LogP contribution in [0, 0.1) is 5.92 Å². The van der Waals surface area contributed by atoms with Gasteiger partial charge in [0.1, 0.15) is 16.3 Å². The lowest BCUT2D eigenvalue weighted by Gasteiger charge is -2.45. The van der Waals surface area contributed by atoms with Gasteiger partial charge in [-0.2, -0.15) is 10.2 Å². The van der Waals surface area contributed by atoms with E-state index in [-0.39, 0.29) is 10.5 Å². The predicted molar refractivity (Wildman–Crippen MR) is 127 cm³/mol. The molecule has 1 saturated carbocycles. The van der Waals surface area contributed by atoms with Gasteiger partial charge in [0.15, 0.2) is 5.82 Å². The summed E-state index contributed by atoms with van der Waals surface area (Å²) in [6.07, 6.45) is 7.95. The Bertz CT molecular complexity index is 1470. The van der Waals surface area contributed by atoms with Crippen molar-refractivity contribution in [1.82, 2.24) is 24.5 Å². The number of benzene rings is 1. The Kier molecular flexibility index (Phi) is 5.33. The standard InChI is InChI=1S/C23H26N6O4S/c1-15-10-23(11-15,33-4)17-7-8-24-20(9-17)29-14-18(13-26-29)34(30,31)27-21-19(32-3)6-5-16-12-25-28(2)22(16)21/h5-9,12-15,27H,10-11H2,1-4H3. The Balaban J connectivity index is 1.48. The van der Waals surface area contributed by atoms with Gasteiger partial charge in [0.25, 0.3) is 10.0 Å². The summed E-state index contributed by atoms with van der Waals surface area (Å²) >= 11 is 0. The molecule has 178 valence electrons. The molecule has 5 rings (SSSR count). The number of nitrogens with one attached hydrogen (secondary N) is 1. The molecule has 1 N–H and O–H groups in total. The van der Waals surface area contributed by atoms with Crippen LogP contribution in [0.4, 0.5) is 5.69 Å². The molecule has 1 aliphatic rings. The van der Waals surface area contributed by atoms with E-state index in [4.69, 9.17) is 9.47 Å². The summed E-state index contributed by atoms with van der Waals surface area (Å²) in [6.45, 7) is 2.19. The van der Waals surface area contributed by atoms with Crippen LogP contribution in [0.3, 0.4) is 0 Å². The van der Waals surface area contributed by atoms with E-state index >= 15 is 0 Å². The van der Waals surface area contributed by atoms with E-state index in [1.165, 1.54) is 24.2 Å². The molecular formula is C23H26N6O4S. The van der Waals surface area contributed by atoms with Crippen molar-refractivity contribution in [2.45, 2.75) is 30.3 Å².